The first-order chi connectivity index (χ1) is 12.6. The van der Waals surface area contributed by atoms with Crippen molar-refractivity contribution in [2.24, 2.45) is 7.05 Å². The predicted octanol–water partition coefficient (Wildman–Crippen LogP) is 4.44. The molecule has 0 N–H and O–H groups in total. The molecule has 26 heavy (non-hydrogen) atoms. The summed E-state index contributed by atoms with van der Waals surface area (Å²) in [6.07, 6.45) is 4.90. The summed E-state index contributed by atoms with van der Waals surface area (Å²) in [4.78, 5) is 14.8. The molecule has 1 aliphatic rings. The fourth-order valence-corrected chi connectivity index (χ4v) is 4.22. The summed E-state index contributed by atoms with van der Waals surface area (Å²) >= 11 is 0. The van der Waals surface area contributed by atoms with Crippen LogP contribution < -0.4 is 0 Å². The van der Waals surface area contributed by atoms with Gasteiger partial charge in [-0.25, -0.2) is 0 Å². The largest absolute Gasteiger partial charge is 0.350 e. The van der Waals surface area contributed by atoms with Crippen LogP contribution in [0.25, 0.3) is 10.9 Å². The number of aromatic nitrogens is 1. The number of carbonyl (C=O) groups excluding carboxylic acids is 1. The Hall–Kier alpha value is -2.55. The van der Waals surface area contributed by atoms with E-state index in [0.29, 0.717) is 12.3 Å². The number of fused-ring (bicyclic) bond motifs is 1. The van der Waals surface area contributed by atoms with E-state index in [-0.39, 0.29) is 5.91 Å². The second kappa shape index (κ2) is 6.99. The number of para-hydroxylation sites is 1. The Labute approximate surface area is 155 Å². The minimum Gasteiger partial charge on any atom is -0.350 e. The molecule has 2 heterocycles. The van der Waals surface area contributed by atoms with Gasteiger partial charge in [0.25, 0.3) is 0 Å². The lowest BCUT2D eigenvalue weighted by Gasteiger charge is -2.32. The Kier molecular flexibility index (Phi) is 4.54. The molecular formula is C23H26N2O. The second-order valence-corrected chi connectivity index (χ2v) is 7.47. The van der Waals surface area contributed by atoms with Gasteiger partial charge in [-0.2, -0.15) is 0 Å². The molecule has 0 radical (unpaired) electrons. The van der Waals surface area contributed by atoms with Gasteiger partial charge in [0.2, 0.25) is 5.91 Å². The number of hydrogen-bond donors (Lipinski definition) is 0. The van der Waals surface area contributed by atoms with Crippen molar-refractivity contribution in [3.63, 3.8) is 0 Å². The minimum absolute atomic E-state index is 0.260. The molecule has 4 rings (SSSR count). The molecule has 0 aliphatic carbocycles. The molecule has 3 heteroatoms. The highest BCUT2D eigenvalue weighted by atomic mass is 16.2. The van der Waals surface area contributed by atoms with Crippen LogP contribution in [0.4, 0.5) is 0 Å². The van der Waals surface area contributed by atoms with E-state index in [0.717, 1.165) is 31.5 Å². The van der Waals surface area contributed by atoms with Gasteiger partial charge in [0.05, 0.1) is 6.42 Å². The molecule has 1 fully saturated rings. The van der Waals surface area contributed by atoms with Crippen molar-refractivity contribution < 1.29 is 4.79 Å². The van der Waals surface area contributed by atoms with Gasteiger partial charge in [-0.1, -0.05) is 42.5 Å². The zero-order valence-corrected chi connectivity index (χ0v) is 15.6. The Bertz CT molecular complexity index is 932. The Morgan fingerprint density at radius 2 is 1.73 bits per heavy atom. The number of amides is 1. The summed E-state index contributed by atoms with van der Waals surface area (Å²) in [5.41, 5.74) is 5.08. The van der Waals surface area contributed by atoms with Crippen LogP contribution in [0.15, 0.2) is 54.7 Å². The van der Waals surface area contributed by atoms with Crippen molar-refractivity contribution in [1.29, 1.82) is 0 Å². The van der Waals surface area contributed by atoms with E-state index < -0.39 is 0 Å². The van der Waals surface area contributed by atoms with E-state index in [4.69, 9.17) is 0 Å². The molecule has 1 amide bonds. The molecule has 2 aromatic carbocycles. The quantitative estimate of drug-likeness (QED) is 0.688. The van der Waals surface area contributed by atoms with E-state index in [1.807, 2.05) is 17.0 Å². The third kappa shape index (κ3) is 3.14. The zero-order valence-electron chi connectivity index (χ0n) is 15.6. The van der Waals surface area contributed by atoms with Gasteiger partial charge in [0, 0.05) is 37.2 Å². The molecule has 0 atom stereocenters. The molecule has 1 aliphatic heterocycles. The van der Waals surface area contributed by atoms with Crippen molar-refractivity contribution in [2.45, 2.75) is 32.1 Å². The van der Waals surface area contributed by atoms with Gasteiger partial charge in [0.15, 0.2) is 0 Å². The maximum atomic E-state index is 12.7. The van der Waals surface area contributed by atoms with Crippen LogP contribution >= 0.6 is 0 Å². The molecule has 134 valence electrons. The molecule has 0 saturated carbocycles. The van der Waals surface area contributed by atoms with Gasteiger partial charge in [0.1, 0.15) is 0 Å². The normalized spacial score (nSPS) is 15.5. The average molecular weight is 346 g/mol. The van der Waals surface area contributed by atoms with Crippen molar-refractivity contribution in [3.8, 4) is 0 Å². The van der Waals surface area contributed by atoms with Crippen molar-refractivity contribution in [3.05, 3.63) is 71.4 Å². The van der Waals surface area contributed by atoms with Crippen molar-refractivity contribution >= 4 is 16.8 Å². The summed E-state index contributed by atoms with van der Waals surface area (Å²) in [6, 6.07) is 16.8. The second-order valence-electron chi connectivity index (χ2n) is 7.47. The SMILES string of the molecule is Cc1ccccc1CC(=O)N1CCC(c2cn(C)c3ccccc23)CC1. The summed E-state index contributed by atoms with van der Waals surface area (Å²) in [5, 5.41) is 1.36. The number of likely N-dealkylation sites (tertiary alicyclic amines) is 1. The monoisotopic (exact) mass is 346 g/mol. The molecular weight excluding hydrogens is 320 g/mol. The molecule has 0 bridgehead atoms. The maximum Gasteiger partial charge on any atom is 0.226 e. The van der Waals surface area contributed by atoms with Gasteiger partial charge >= 0.3 is 0 Å². The number of nitrogens with zero attached hydrogens (tertiary/aromatic N) is 2. The molecule has 1 aromatic heterocycles. The number of hydrogen-bond acceptors (Lipinski definition) is 1. The lowest BCUT2D eigenvalue weighted by molar-refractivity contribution is -0.131. The van der Waals surface area contributed by atoms with Crippen molar-refractivity contribution in [1.82, 2.24) is 9.47 Å². The summed E-state index contributed by atoms with van der Waals surface area (Å²) in [7, 11) is 2.12. The summed E-state index contributed by atoms with van der Waals surface area (Å²) in [5.74, 6) is 0.805. The minimum atomic E-state index is 0.260. The van der Waals surface area contributed by atoms with Gasteiger partial charge in [-0.15, -0.1) is 0 Å². The van der Waals surface area contributed by atoms with Crippen LogP contribution in [-0.4, -0.2) is 28.5 Å². The third-order valence-corrected chi connectivity index (χ3v) is 5.82. The van der Waals surface area contributed by atoms with E-state index in [2.05, 4.69) is 61.1 Å². The smallest absolute Gasteiger partial charge is 0.226 e. The van der Waals surface area contributed by atoms with Crippen LogP contribution in [0.3, 0.4) is 0 Å². The van der Waals surface area contributed by atoms with Crippen LogP contribution in [0.2, 0.25) is 0 Å². The van der Waals surface area contributed by atoms with E-state index in [1.165, 1.54) is 22.0 Å². The van der Waals surface area contributed by atoms with Crippen LogP contribution in [0.1, 0.15) is 35.4 Å². The number of piperidine rings is 1. The average Bonchev–Trinajstić information content (AvgIpc) is 3.01. The standard InChI is InChI=1S/C23H26N2O/c1-17-7-3-4-8-19(17)15-23(26)25-13-11-18(12-14-25)21-16-24(2)22-10-6-5-9-20(21)22/h3-10,16,18H,11-15H2,1-2H3. The molecule has 3 nitrogen and oxygen atoms in total. The highest BCUT2D eigenvalue weighted by Crippen LogP contribution is 2.34. The highest BCUT2D eigenvalue weighted by molar-refractivity contribution is 5.84. The number of rotatable bonds is 3. The topological polar surface area (TPSA) is 25.2 Å². The molecule has 0 unspecified atom stereocenters. The fraction of sp³-hybridized carbons (Fsp3) is 0.348. The van der Waals surface area contributed by atoms with E-state index >= 15 is 0 Å². The highest BCUT2D eigenvalue weighted by Gasteiger charge is 2.26. The lowest BCUT2D eigenvalue weighted by atomic mass is 9.89. The van der Waals surface area contributed by atoms with Crippen LogP contribution in [0.5, 0.6) is 0 Å². The molecule has 3 aromatic rings. The maximum absolute atomic E-state index is 12.7. The van der Waals surface area contributed by atoms with Crippen molar-refractivity contribution in [2.75, 3.05) is 13.1 Å². The fourth-order valence-electron chi connectivity index (χ4n) is 4.22. The third-order valence-electron chi connectivity index (χ3n) is 5.82. The number of aryl methyl sites for hydroxylation is 2. The van der Waals surface area contributed by atoms with E-state index in [9.17, 15) is 4.79 Å². The van der Waals surface area contributed by atoms with Gasteiger partial charge in [-0.3, -0.25) is 4.79 Å². The Balaban J connectivity index is 1.44. The molecule has 1 saturated heterocycles. The number of benzene rings is 2. The van der Waals surface area contributed by atoms with Gasteiger partial charge in [-0.05, 0) is 48.4 Å². The number of carbonyl (C=O) groups is 1. The molecule has 0 spiro atoms. The lowest BCUT2D eigenvalue weighted by Crippen LogP contribution is -2.38. The van der Waals surface area contributed by atoms with Crippen LogP contribution in [-0.2, 0) is 18.3 Å². The summed E-state index contributed by atoms with van der Waals surface area (Å²) < 4.78 is 2.22. The van der Waals surface area contributed by atoms with E-state index in [1.54, 1.807) is 0 Å². The van der Waals surface area contributed by atoms with Gasteiger partial charge < -0.3 is 9.47 Å². The first-order valence-corrected chi connectivity index (χ1v) is 9.49. The summed E-state index contributed by atoms with van der Waals surface area (Å²) in [6.45, 7) is 3.80. The Morgan fingerprint density at radius 1 is 1.04 bits per heavy atom. The first kappa shape index (κ1) is 16.9. The zero-order chi connectivity index (χ0) is 18.1. The Morgan fingerprint density at radius 3 is 2.50 bits per heavy atom. The first-order valence-electron chi connectivity index (χ1n) is 9.49. The van der Waals surface area contributed by atoms with Crippen LogP contribution in [0, 0.1) is 6.92 Å². The predicted molar refractivity (Wildman–Crippen MR) is 106 cm³/mol.